The van der Waals surface area contributed by atoms with Gasteiger partial charge < -0.3 is 0 Å². The van der Waals surface area contributed by atoms with Crippen molar-refractivity contribution in [2.45, 2.75) is 31.1 Å². The second kappa shape index (κ2) is 8.44. The number of fused-ring (bicyclic) bond motifs is 2. The summed E-state index contributed by atoms with van der Waals surface area (Å²) in [6, 6.07) is 16.9. The van der Waals surface area contributed by atoms with Gasteiger partial charge in [-0.15, -0.1) is 0 Å². The molecule has 6 nitrogen and oxygen atoms in total. The van der Waals surface area contributed by atoms with E-state index in [1.54, 1.807) is 16.1 Å². The molecule has 36 heavy (non-hydrogen) atoms. The minimum Gasteiger partial charge on any atom is -0.296 e. The Morgan fingerprint density at radius 1 is 0.861 bits per heavy atom. The molecule has 3 aliphatic rings. The van der Waals surface area contributed by atoms with E-state index in [9.17, 15) is 22.8 Å². The summed E-state index contributed by atoms with van der Waals surface area (Å²) < 4.78 is 39.8. The third-order valence-corrected chi connectivity index (χ3v) is 7.35. The highest BCUT2D eigenvalue weighted by Gasteiger charge is 2.57. The zero-order chi connectivity index (χ0) is 25.0. The first-order valence-corrected chi connectivity index (χ1v) is 11.9. The molecule has 0 N–H and O–H groups in total. The van der Waals surface area contributed by atoms with Gasteiger partial charge in [0.1, 0.15) is 5.82 Å². The van der Waals surface area contributed by atoms with Gasteiger partial charge in [0.2, 0.25) is 11.8 Å². The van der Waals surface area contributed by atoms with Crippen LogP contribution in [0, 0.1) is 5.92 Å². The number of hydrogen-bond acceptors (Lipinski definition) is 4. The fourth-order valence-electron chi connectivity index (χ4n) is 5.79. The maximum atomic E-state index is 14.3. The Morgan fingerprint density at radius 2 is 1.58 bits per heavy atom. The molecule has 3 aliphatic heterocycles. The van der Waals surface area contributed by atoms with Gasteiger partial charge in [0.05, 0.1) is 23.6 Å². The summed E-state index contributed by atoms with van der Waals surface area (Å²) in [6.07, 6.45) is -1.87. The van der Waals surface area contributed by atoms with Crippen LogP contribution < -0.4 is 4.90 Å². The Hall–Kier alpha value is -3.72. The Kier molecular flexibility index (Phi) is 5.33. The first kappa shape index (κ1) is 22.7. The number of pyridine rings is 1. The number of hydrazine groups is 1. The third-order valence-electron chi connectivity index (χ3n) is 7.35. The van der Waals surface area contributed by atoms with Crippen LogP contribution in [-0.4, -0.2) is 39.9 Å². The first-order valence-electron chi connectivity index (χ1n) is 11.9. The number of aromatic nitrogens is 1. The molecule has 184 valence electrons. The van der Waals surface area contributed by atoms with Crippen molar-refractivity contribution < 1.29 is 22.8 Å². The van der Waals surface area contributed by atoms with Crippen molar-refractivity contribution in [2.24, 2.45) is 5.92 Å². The molecule has 2 saturated heterocycles. The molecular formula is C27H23F3N4O2. The molecule has 1 aromatic heterocycles. The van der Waals surface area contributed by atoms with E-state index in [4.69, 9.17) is 0 Å². The van der Waals surface area contributed by atoms with Crippen LogP contribution in [0.1, 0.15) is 40.8 Å². The number of carbonyl (C=O) groups is 2. The molecule has 0 unspecified atom stereocenters. The number of halogens is 3. The van der Waals surface area contributed by atoms with Gasteiger partial charge in [-0.05, 0) is 41.3 Å². The summed E-state index contributed by atoms with van der Waals surface area (Å²) in [4.78, 5) is 33.5. The average molecular weight is 493 g/mol. The number of nitrogens with zero attached hydrogens (tertiary/aromatic N) is 4. The largest absolute Gasteiger partial charge is 0.416 e. The molecular weight excluding hydrogens is 469 g/mol. The molecule has 3 atom stereocenters. The predicted octanol–water partition coefficient (Wildman–Crippen LogP) is 4.55. The van der Waals surface area contributed by atoms with E-state index in [0.717, 1.165) is 23.3 Å². The van der Waals surface area contributed by atoms with Crippen molar-refractivity contribution in [1.82, 2.24) is 15.0 Å². The van der Waals surface area contributed by atoms with Crippen LogP contribution in [0.4, 0.5) is 19.0 Å². The van der Waals surface area contributed by atoms with Gasteiger partial charge in [0.15, 0.2) is 0 Å². The molecule has 6 rings (SSSR count). The fraction of sp³-hybridized carbons (Fsp3) is 0.296. The smallest absolute Gasteiger partial charge is 0.296 e. The number of alkyl halides is 3. The Labute approximate surface area is 205 Å². The van der Waals surface area contributed by atoms with Crippen LogP contribution in [0.2, 0.25) is 0 Å². The van der Waals surface area contributed by atoms with E-state index in [0.29, 0.717) is 30.9 Å². The lowest BCUT2D eigenvalue weighted by molar-refractivity contribution is -0.139. The molecule has 2 fully saturated rings. The normalized spacial score (nSPS) is 23.8. The van der Waals surface area contributed by atoms with Crippen molar-refractivity contribution in [2.75, 3.05) is 18.0 Å². The van der Waals surface area contributed by atoms with Crippen molar-refractivity contribution in [3.63, 3.8) is 0 Å². The van der Waals surface area contributed by atoms with Gasteiger partial charge in [-0.1, -0.05) is 48.5 Å². The predicted molar refractivity (Wildman–Crippen MR) is 125 cm³/mol. The summed E-state index contributed by atoms with van der Waals surface area (Å²) in [5.41, 5.74) is 1.59. The van der Waals surface area contributed by atoms with Crippen molar-refractivity contribution >= 4 is 17.6 Å². The van der Waals surface area contributed by atoms with Gasteiger partial charge in [0, 0.05) is 25.7 Å². The van der Waals surface area contributed by atoms with Crippen LogP contribution in [-0.2, 0) is 22.2 Å². The summed E-state index contributed by atoms with van der Waals surface area (Å²) >= 11 is 0. The lowest BCUT2D eigenvalue weighted by atomic mass is 9.83. The minimum atomic E-state index is -4.48. The Bertz CT molecular complexity index is 1310. The second-order valence-corrected chi connectivity index (χ2v) is 9.32. The molecule has 0 radical (unpaired) electrons. The summed E-state index contributed by atoms with van der Waals surface area (Å²) in [6.45, 7) is 0.908. The molecule has 0 spiro atoms. The molecule has 9 heteroatoms. The van der Waals surface area contributed by atoms with Crippen molar-refractivity contribution in [1.29, 1.82) is 0 Å². The molecule has 0 saturated carbocycles. The fourth-order valence-corrected chi connectivity index (χ4v) is 5.79. The number of benzene rings is 2. The van der Waals surface area contributed by atoms with Crippen molar-refractivity contribution in [3.05, 3.63) is 95.2 Å². The summed E-state index contributed by atoms with van der Waals surface area (Å²) in [5.74, 6) is -0.445. The Balaban J connectivity index is 1.48. The lowest BCUT2D eigenvalue weighted by Gasteiger charge is -2.29. The highest BCUT2D eigenvalue weighted by atomic mass is 19.4. The molecule has 2 aromatic carbocycles. The van der Waals surface area contributed by atoms with Crippen LogP contribution in [0.25, 0.3) is 0 Å². The standard InChI is InChI=1S/C27H23F3N4O2/c28-27(29,30)20-10-8-18(9-11-20)24-22(26(36)32-15-12-19-7-4-14-31-25(19)32)23(17-5-2-1-3-6-17)33-16-13-21(35)34(24)33/h1-11,14,22-24H,12-13,15-16H2/t22-,23+,24+/m0/s1. The van der Waals surface area contributed by atoms with Crippen molar-refractivity contribution in [3.8, 4) is 0 Å². The maximum absolute atomic E-state index is 14.3. The number of rotatable bonds is 3. The van der Waals surface area contributed by atoms with Crippen LogP contribution in [0.15, 0.2) is 72.9 Å². The average Bonchev–Trinajstić information content (AvgIpc) is 3.57. The monoisotopic (exact) mass is 492 g/mol. The molecule has 4 heterocycles. The van der Waals surface area contributed by atoms with Crippen LogP contribution >= 0.6 is 0 Å². The van der Waals surface area contributed by atoms with E-state index in [-0.39, 0.29) is 18.2 Å². The number of carbonyl (C=O) groups excluding carboxylic acids is 2. The van der Waals surface area contributed by atoms with Gasteiger partial charge in [-0.25, -0.2) is 9.99 Å². The molecule has 0 aliphatic carbocycles. The third kappa shape index (κ3) is 3.57. The highest BCUT2D eigenvalue weighted by molar-refractivity contribution is 5.98. The van der Waals surface area contributed by atoms with Gasteiger partial charge in [-0.2, -0.15) is 13.2 Å². The number of hydrogen-bond donors (Lipinski definition) is 0. The zero-order valence-corrected chi connectivity index (χ0v) is 19.2. The van der Waals surface area contributed by atoms with Gasteiger partial charge >= 0.3 is 6.18 Å². The molecule has 0 bridgehead atoms. The van der Waals surface area contributed by atoms with Gasteiger partial charge in [0.25, 0.3) is 0 Å². The van der Waals surface area contributed by atoms with E-state index in [2.05, 4.69) is 4.98 Å². The summed E-state index contributed by atoms with van der Waals surface area (Å²) in [7, 11) is 0. The zero-order valence-electron chi connectivity index (χ0n) is 19.2. The van der Waals surface area contributed by atoms with Crippen LogP contribution in [0.3, 0.4) is 0 Å². The Morgan fingerprint density at radius 3 is 2.31 bits per heavy atom. The second-order valence-electron chi connectivity index (χ2n) is 9.32. The lowest BCUT2D eigenvalue weighted by Crippen LogP contribution is -2.40. The first-order chi connectivity index (χ1) is 17.3. The van der Waals surface area contributed by atoms with E-state index in [1.807, 2.05) is 47.5 Å². The summed E-state index contributed by atoms with van der Waals surface area (Å²) in [5, 5.41) is 3.51. The van der Waals surface area contributed by atoms with E-state index < -0.39 is 29.7 Å². The maximum Gasteiger partial charge on any atom is 0.416 e. The number of anilines is 1. The van der Waals surface area contributed by atoms with Crippen LogP contribution in [0.5, 0.6) is 0 Å². The molecule has 3 aromatic rings. The van der Waals surface area contributed by atoms with E-state index >= 15 is 0 Å². The highest BCUT2D eigenvalue weighted by Crippen LogP contribution is 2.52. The topological polar surface area (TPSA) is 56.8 Å². The SMILES string of the molecule is O=C([C@H]1[C@@H](c2ccccc2)N2CCC(=O)N2[C@@H]1c1ccc(C(F)(F)F)cc1)N1CCc2cccnc21. The number of amides is 2. The molecule has 2 amide bonds. The van der Waals surface area contributed by atoms with Gasteiger partial charge in [-0.3, -0.25) is 19.5 Å². The van der Waals surface area contributed by atoms with E-state index in [1.165, 1.54) is 12.1 Å². The quantitative estimate of drug-likeness (QED) is 0.538. The minimum absolute atomic E-state index is 0.143.